The summed E-state index contributed by atoms with van der Waals surface area (Å²) >= 11 is 5.84. The van der Waals surface area contributed by atoms with E-state index in [1.165, 1.54) is 36.3 Å². The van der Waals surface area contributed by atoms with Crippen molar-refractivity contribution in [3.8, 4) is 5.75 Å². The van der Waals surface area contributed by atoms with Gasteiger partial charge in [-0.05, 0) is 29.8 Å². The molecule has 138 valence electrons. The fourth-order valence-electron chi connectivity index (χ4n) is 2.24. The number of hydrogen-bond donors (Lipinski definition) is 0. The smallest absolute Gasteiger partial charge is 0.387 e. The molecule has 0 aliphatic carbocycles. The van der Waals surface area contributed by atoms with E-state index in [1.807, 2.05) is 0 Å². The van der Waals surface area contributed by atoms with Crippen molar-refractivity contribution in [2.75, 3.05) is 13.7 Å². The van der Waals surface area contributed by atoms with E-state index in [0.29, 0.717) is 10.6 Å². The summed E-state index contributed by atoms with van der Waals surface area (Å²) in [6.45, 7) is -3.36. The lowest BCUT2D eigenvalue weighted by atomic mass is 10.1. The number of carbonyl (C=O) groups excluding carboxylic acids is 2. The van der Waals surface area contributed by atoms with Crippen molar-refractivity contribution in [2.45, 2.75) is 13.2 Å². The van der Waals surface area contributed by atoms with Gasteiger partial charge >= 0.3 is 12.6 Å². The van der Waals surface area contributed by atoms with Crippen LogP contribution in [-0.2, 0) is 16.1 Å². The molecule has 0 spiro atoms. The maximum absolute atomic E-state index is 12.8. The number of para-hydroxylation sites is 1. The number of rotatable bonds is 7. The summed E-state index contributed by atoms with van der Waals surface area (Å²) in [7, 11) is 1.20. The molecule has 0 radical (unpaired) electrons. The Morgan fingerprint density at radius 3 is 2.38 bits per heavy atom. The molecule has 0 saturated heterocycles. The van der Waals surface area contributed by atoms with Gasteiger partial charge in [0.05, 0.1) is 12.7 Å². The van der Waals surface area contributed by atoms with Gasteiger partial charge in [-0.25, -0.2) is 0 Å². The first kappa shape index (κ1) is 19.7. The first-order valence-corrected chi connectivity index (χ1v) is 7.93. The molecule has 26 heavy (non-hydrogen) atoms. The summed E-state index contributed by atoms with van der Waals surface area (Å²) in [4.78, 5) is 25.7. The molecule has 0 heterocycles. The molecule has 8 heteroatoms. The van der Waals surface area contributed by atoms with Gasteiger partial charge in [0.2, 0.25) is 0 Å². The maximum Gasteiger partial charge on any atom is 0.387 e. The third-order valence-electron chi connectivity index (χ3n) is 3.46. The molecule has 0 unspecified atom stereocenters. The summed E-state index contributed by atoms with van der Waals surface area (Å²) in [5.74, 6) is -1.54. The largest absolute Gasteiger partial charge is 0.468 e. The number of amides is 1. The number of ether oxygens (including phenoxy) is 2. The van der Waals surface area contributed by atoms with Crippen molar-refractivity contribution in [1.29, 1.82) is 0 Å². The first-order chi connectivity index (χ1) is 12.4. The van der Waals surface area contributed by atoms with E-state index >= 15 is 0 Å². The Labute approximate surface area is 154 Å². The maximum atomic E-state index is 12.8. The molecule has 0 aliphatic rings. The molecule has 0 bridgehead atoms. The number of benzene rings is 2. The second kappa shape index (κ2) is 9.15. The van der Waals surface area contributed by atoms with E-state index in [0.717, 1.165) is 0 Å². The summed E-state index contributed by atoms with van der Waals surface area (Å²) in [5, 5.41) is 0.523. The Morgan fingerprint density at radius 1 is 1.12 bits per heavy atom. The summed E-state index contributed by atoms with van der Waals surface area (Å²) in [5.41, 5.74) is 0.629. The minimum atomic E-state index is -3.07. The molecule has 5 nitrogen and oxygen atoms in total. The monoisotopic (exact) mass is 383 g/mol. The predicted molar refractivity (Wildman–Crippen MR) is 91.3 cm³/mol. The Morgan fingerprint density at radius 2 is 1.77 bits per heavy atom. The number of methoxy groups -OCH3 is 1. The standard InChI is InChI=1S/C18H16ClF2NO4/c1-25-16(23)11-22(10-12-6-8-13(19)9-7-12)17(24)14-4-2-3-5-15(14)26-18(20)21/h2-9,18H,10-11H2,1H3. The van der Waals surface area contributed by atoms with Gasteiger partial charge in [0.25, 0.3) is 5.91 Å². The van der Waals surface area contributed by atoms with Crippen molar-refractivity contribution < 1.29 is 27.8 Å². The minimum absolute atomic E-state index is 0.0636. The molecule has 0 aromatic heterocycles. The van der Waals surface area contributed by atoms with Crippen molar-refractivity contribution >= 4 is 23.5 Å². The van der Waals surface area contributed by atoms with Gasteiger partial charge in [-0.3, -0.25) is 9.59 Å². The van der Waals surface area contributed by atoms with Crippen molar-refractivity contribution in [3.63, 3.8) is 0 Å². The van der Waals surface area contributed by atoms with Crippen LogP contribution in [-0.4, -0.2) is 37.0 Å². The molecule has 2 rings (SSSR count). The van der Waals surface area contributed by atoms with Crippen LogP contribution in [0, 0.1) is 0 Å². The second-order valence-electron chi connectivity index (χ2n) is 5.24. The number of alkyl halides is 2. The Kier molecular flexibility index (Phi) is 6.91. The van der Waals surface area contributed by atoms with Crippen LogP contribution in [0.1, 0.15) is 15.9 Å². The topological polar surface area (TPSA) is 55.8 Å². The zero-order chi connectivity index (χ0) is 19.1. The average Bonchev–Trinajstić information content (AvgIpc) is 2.62. The molecule has 2 aromatic carbocycles. The molecular weight excluding hydrogens is 368 g/mol. The van der Waals surface area contributed by atoms with E-state index < -0.39 is 18.5 Å². The number of nitrogens with zero attached hydrogens (tertiary/aromatic N) is 1. The highest BCUT2D eigenvalue weighted by Gasteiger charge is 2.23. The van der Waals surface area contributed by atoms with Crippen LogP contribution in [0.4, 0.5) is 8.78 Å². The first-order valence-electron chi connectivity index (χ1n) is 7.55. The average molecular weight is 384 g/mol. The minimum Gasteiger partial charge on any atom is -0.468 e. The van der Waals surface area contributed by atoms with E-state index in [9.17, 15) is 18.4 Å². The Hall–Kier alpha value is -2.67. The van der Waals surface area contributed by atoms with Crippen LogP contribution in [0.3, 0.4) is 0 Å². The highest BCUT2D eigenvalue weighted by Crippen LogP contribution is 2.23. The van der Waals surface area contributed by atoms with Gasteiger partial charge in [0.1, 0.15) is 12.3 Å². The number of halogens is 3. The SMILES string of the molecule is COC(=O)CN(Cc1ccc(Cl)cc1)C(=O)c1ccccc1OC(F)F. The highest BCUT2D eigenvalue weighted by atomic mass is 35.5. The normalized spacial score (nSPS) is 10.5. The summed E-state index contributed by atoms with van der Waals surface area (Å²) in [6, 6.07) is 12.3. The molecule has 0 atom stereocenters. The van der Waals surface area contributed by atoms with Gasteiger partial charge in [-0.15, -0.1) is 0 Å². The molecule has 0 N–H and O–H groups in total. The van der Waals surface area contributed by atoms with E-state index in [2.05, 4.69) is 9.47 Å². The van der Waals surface area contributed by atoms with E-state index in [4.69, 9.17) is 11.6 Å². The predicted octanol–water partition coefficient (Wildman–Crippen LogP) is 3.76. The van der Waals surface area contributed by atoms with Crippen LogP contribution in [0.15, 0.2) is 48.5 Å². The van der Waals surface area contributed by atoms with Crippen molar-refractivity contribution in [3.05, 3.63) is 64.7 Å². The number of carbonyl (C=O) groups is 2. The lowest BCUT2D eigenvalue weighted by Crippen LogP contribution is -2.36. The van der Waals surface area contributed by atoms with Crippen molar-refractivity contribution in [2.24, 2.45) is 0 Å². The molecule has 0 fully saturated rings. The van der Waals surface area contributed by atoms with Crippen LogP contribution in [0.2, 0.25) is 5.02 Å². The third kappa shape index (κ3) is 5.42. The van der Waals surface area contributed by atoms with Crippen LogP contribution < -0.4 is 4.74 Å². The van der Waals surface area contributed by atoms with Crippen LogP contribution in [0.5, 0.6) is 5.75 Å². The van der Waals surface area contributed by atoms with Crippen LogP contribution in [0.25, 0.3) is 0 Å². The molecule has 1 amide bonds. The summed E-state index contributed by atoms with van der Waals surface area (Å²) in [6.07, 6.45) is 0. The highest BCUT2D eigenvalue weighted by molar-refractivity contribution is 6.30. The Balaban J connectivity index is 2.30. The van der Waals surface area contributed by atoms with Crippen molar-refractivity contribution in [1.82, 2.24) is 4.90 Å². The fourth-order valence-corrected chi connectivity index (χ4v) is 2.37. The molecule has 2 aromatic rings. The van der Waals surface area contributed by atoms with Gasteiger partial charge in [-0.2, -0.15) is 8.78 Å². The molecular formula is C18H16ClF2NO4. The lowest BCUT2D eigenvalue weighted by molar-refractivity contribution is -0.141. The fraction of sp³-hybridized carbons (Fsp3) is 0.222. The third-order valence-corrected chi connectivity index (χ3v) is 3.71. The molecule has 0 aliphatic heterocycles. The summed E-state index contributed by atoms with van der Waals surface area (Å²) < 4.78 is 34.2. The van der Waals surface area contributed by atoms with E-state index in [1.54, 1.807) is 24.3 Å². The van der Waals surface area contributed by atoms with Gasteiger partial charge in [0.15, 0.2) is 0 Å². The zero-order valence-electron chi connectivity index (χ0n) is 13.8. The van der Waals surface area contributed by atoms with Gasteiger partial charge in [0, 0.05) is 11.6 Å². The van der Waals surface area contributed by atoms with E-state index in [-0.39, 0.29) is 24.4 Å². The molecule has 0 saturated carbocycles. The zero-order valence-corrected chi connectivity index (χ0v) is 14.6. The lowest BCUT2D eigenvalue weighted by Gasteiger charge is -2.23. The number of hydrogen-bond acceptors (Lipinski definition) is 4. The van der Waals surface area contributed by atoms with Gasteiger partial charge < -0.3 is 14.4 Å². The van der Waals surface area contributed by atoms with Crippen LogP contribution >= 0.6 is 11.6 Å². The second-order valence-corrected chi connectivity index (χ2v) is 5.67. The quantitative estimate of drug-likeness (QED) is 0.683. The van der Waals surface area contributed by atoms with Gasteiger partial charge in [-0.1, -0.05) is 35.9 Å². The number of esters is 1. The Bertz CT molecular complexity index is 768.